The summed E-state index contributed by atoms with van der Waals surface area (Å²) in [4.78, 5) is 17.1. The third-order valence-electron chi connectivity index (χ3n) is 2.92. The molecule has 19 heavy (non-hydrogen) atoms. The highest BCUT2D eigenvalue weighted by Gasteiger charge is 2.15. The molecule has 1 aromatic heterocycles. The molecular formula is C15H15FN2O. The lowest BCUT2D eigenvalue weighted by atomic mass is 10.1. The number of hydrogen-bond acceptors (Lipinski definition) is 3. The van der Waals surface area contributed by atoms with Gasteiger partial charge in [-0.05, 0) is 31.2 Å². The van der Waals surface area contributed by atoms with Gasteiger partial charge in [0.15, 0.2) is 6.29 Å². The molecule has 0 aliphatic carbocycles. The predicted octanol–water partition coefficient (Wildman–Crippen LogP) is 3.06. The average Bonchev–Trinajstić information content (AvgIpc) is 2.46. The van der Waals surface area contributed by atoms with Crippen LogP contribution in [0.3, 0.4) is 0 Å². The van der Waals surface area contributed by atoms with Crippen molar-refractivity contribution in [2.45, 2.75) is 13.5 Å². The molecule has 0 unspecified atom stereocenters. The molecule has 0 radical (unpaired) electrons. The highest BCUT2D eigenvalue weighted by atomic mass is 19.1. The molecule has 2 rings (SSSR count). The summed E-state index contributed by atoms with van der Waals surface area (Å²) >= 11 is 0. The van der Waals surface area contributed by atoms with E-state index in [2.05, 4.69) is 4.98 Å². The van der Waals surface area contributed by atoms with Crippen LogP contribution < -0.4 is 4.90 Å². The van der Waals surface area contributed by atoms with Crippen molar-refractivity contribution in [3.8, 4) is 0 Å². The molecule has 3 nitrogen and oxygen atoms in total. The Kier molecular flexibility index (Phi) is 4.23. The fourth-order valence-electron chi connectivity index (χ4n) is 2.00. The minimum absolute atomic E-state index is 0.339. The Morgan fingerprint density at radius 3 is 2.74 bits per heavy atom. The van der Waals surface area contributed by atoms with E-state index in [1.54, 1.807) is 17.2 Å². The van der Waals surface area contributed by atoms with E-state index in [9.17, 15) is 9.18 Å². The van der Waals surface area contributed by atoms with Crippen molar-refractivity contribution in [1.82, 2.24) is 4.98 Å². The number of pyridine rings is 1. The van der Waals surface area contributed by atoms with Crippen LogP contribution in [0.1, 0.15) is 23.0 Å². The Balaban J connectivity index is 2.35. The first kappa shape index (κ1) is 13.2. The molecule has 0 fully saturated rings. The summed E-state index contributed by atoms with van der Waals surface area (Å²) in [5.74, 6) is -0.387. The zero-order valence-electron chi connectivity index (χ0n) is 10.7. The Morgan fingerprint density at radius 1 is 1.26 bits per heavy atom. The van der Waals surface area contributed by atoms with Gasteiger partial charge in [-0.15, -0.1) is 0 Å². The standard InChI is InChI=1S/C15H15FN2O/c1-2-18(10-13-7-3-4-9-17-13)15-12(11-19)6-5-8-14(15)16/h3-9,11H,2,10H2,1H3. The van der Waals surface area contributed by atoms with Gasteiger partial charge in [0.1, 0.15) is 5.82 Å². The maximum absolute atomic E-state index is 14.0. The summed E-state index contributed by atoms with van der Waals surface area (Å²) in [5, 5.41) is 0. The molecule has 0 N–H and O–H groups in total. The molecule has 1 heterocycles. The fourth-order valence-corrected chi connectivity index (χ4v) is 2.00. The van der Waals surface area contributed by atoms with Gasteiger partial charge in [-0.1, -0.05) is 12.1 Å². The molecule has 4 heteroatoms. The Bertz CT molecular complexity index is 557. The number of halogens is 1. The van der Waals surface area contributed by atoms with E-state index < -0.39 is 0 Å². The molecular weight excluding hydrogens is 243 g/mol. The summed E-state index contributed by atoms with van der Waals surface area (Å²) in [7, 11) is 0. The minimum atomic E-state index is -0.387. The molecule has 2 aromatic rings. The lowest BCUT2D eigenvalue weighted by Crippen LogP contribution is -2.25. The Labute approximate surface area is 111 Å². The number of hydrogen-bond donors (Lipinski definition) is 0. The van der Waals surface area contributed by atoms with E-state index in [0.29, 0.717) is 30.6 Å². The number of anilines is 1. The van der Waals surface area contributed by atoms with Crippen LogP contribution in [0.2, 0.25) is 0 Å². The zero-order chi connectivity index (χ0) is 13.7. The van der Waals surface area contributed by atoms with Gasteiger partial charge in [-0.3, -0.25) is 9.78 Å². The third-order valence-corrected chi connectivity index (χ3v) is 2.92. The summed E-state index contributed by atoms with van der Waals surface area (Å²) in [6.45, 7) is 2.99. The monoisotopic (exact) mass is 258 g/mol. The number of nitrogens with zero attached hydrogens (tertiary/aromatic N) is 2. The Hall–Kier alpha value is -2.23. The van der Waals surface area contributed by atoms with E-state index in [1.807, 2.05) is 25.1 Å². The fraction of sp³-hybridized carbons (Fsp3) is 0.200. The maximum atomic E-state index is 14.0. The lowest BCUT2D eigenvalue weighted by Gasteiger charge is -2.24. The average molecular weight is 258 g/mol. The van der Waals surface area contributed by atoms with Crippen molar-refractivity contribution in [2.75, 3.05) is 11.4 Å². The number of carbonyl (C=O) groups excluding carboxylic acids is 1. The van der Waals surface area contributed by atoms with E-state index in [-0.39, 0.29) is 5.82 Å². The summed E-state index contributed by atoms with van der Waals surface area (Å²) < 4.78 is 14.0. The summed E-state index contributed by atoms with van der Waals surface area (Å²) in [6.07, 6.45) is 2.38. The van der Waals surface area contributed by atoms with Crippen LogP contribution in [0.15, 0.2) is 42.6 Å². The highest BCUT2D eigenvalue weighted by molar-refractivity contribution is 5.84. The van der Waals surface area contributed by atoms with Gasteiger partial charge in [0.25, 0.3) is 0 Å². The molecule has 98 valence electrons. The van der Waals surface area contributed by atoms with Crippen LogP contribution in [0.5, 0.6) is 0 Å². The van der Waals surface area contributed by atoms with Gasteiger partial charge in [0.05, 0.1) is 17.9 Å². The first-order valence-corrected chi connectivity index (χ1v) is 6.14. The van der Waals surface area contributed by atoms with Crippen LogP contribution in [-0.2, 0) is 6.54 Å². The topological polar surface area (TPSA) is 33.2 Å². The number of para-hydroxylation sites is 1. The van der Waals surface area contributed by atoms with Crippen molar-refractivity contribution in [3.05, 3.63) is 59.7 Å². The van der Waals surface area contributed by atoms with Crippen molar-refractivity contribution in [3.63, 3.8) is 0 Å². The van der Waals surface area contributed by atoms with Gasteiger partial charge >= 0.3 is 0 Å². The van der Waals surface area contributed by atoms with E-state index >= 15 is 0 Å². The second-order valence-corrected chi connectivity index (χ2v) is 4.13. The number of carbonyl (C=O) groups is 1. The molecule has 0 spiro atoms. The van der Waals surface area contributed by atoms with Crippen LogP contribution in [-0.4, -0.2) is 17.8 Å². The van der Waals surface area contributed by atoms with Gasteiger partial charge in [-0.25, -0.2) is 4.39 Å². The van der Waals surface area contributed by atoms with E-state index in [4.69, 9.17) is 0 Å². The quantitative estimate of drug-likeness (QED) is 0.773. The second-order valence-electron chi connectivity index (χ2n) is 4.13. The SMILES string of the molecule is CCN(Cc1ccccn1)c1c(F)cccc1C=O. The molecule has 0 bridgehead atoms. The van der Waals surface area contributed by atoms with E-state index in [0.717, 1.165) is 5.69 Å². The van der Waals surface area contributed by atoms with Crippen LogP contribution in [0.25, 0.3) is 0 Å². The molecule has 0 saturated heterocycles. The summed E-state index contributed by atoms with van der Waals surface area (Å²) in [6, 6.07) is 10.1. The predicted molar refractivity (Wildman–Crippen MR) is 72.7 cm³/mol. The third kappa shape index (κ3) is 2.96. The normalized spacial score (nSPS) is 10.2. The lowest BCUT2D eigenvalue weighted by molar-refractivity contribution is 0.112. The van der Waals surface area contributed by atoms with Crippen molar-refractivity contribution < 1.29 is 9.18 Å². The Morgan fingerprint density at radius 2 is 2.11 bits per heavy atom. The largest absolute Gasteiger partial charge is 0.363 e. The number of rotatable bonds is 5. The number of aldehydes is 1. The molecule has 0 saturated carbocycles. The zero-order valence-corrected chi connectivity index (χ0v) is 10.7. The first-order valence-electron chi connectivity index (χ1n) is 6.14. The molecule has 0 atom stereocenters. The van der Waals surface area contributed by atoms with Crippen molar-refractivity contribution >= 4 is 12.0 Å². The molecule has 0 aliphatic rings. The van der Waals surface area contributed by atoms with Crippen LogP contribution in [0, 0.1) is 5.82 Å². The van der Waals surface area contributed by atoms with Crippen molar-refractivity contribution in [2.24, 2.45) is 0 Å². The molecule has 1 aromatic carbocycles. The van der Waals surface area contributed by atoms with Gasteiger partial charge in [-0.2, -0.15) is 0 Å². The summed E-state index contributed by atoms with van der Waals surface area (Å²) in [5.41, 5.74) is 1.54. The first-order chi connectivity index (χ1) is 9.26. The van der Waals surface area contributed by atoms with Crippen LogP contribution >= 0.6 is 0 Å². The minimum Gasteiger partial charge on any atom is -0.363 e. The highest BCUT2D eigenvalue weighted by Crippen LogP contribution is 2.24. The van der Waals surface area contributed by atoms with Gasteiger partial charge in [0, 0.05) is 18.3 Å². The van der Waals surface area contributed by atoms with Crippen molar-refractivity contribution in [1.29, 1.82) is 0 Å². The van der Waals surface area contributed by atoms with Gasteiger partial charge in [0.2, 0.25) is 0 Å². The number of benzene rings is 1. The molecule has 0 amide bonds. The van der Waals surface area contributed by atoms with Gasteiger partial charge < -0.3 is 4.90 Å². The smallest absolute Gasteiger partial charge is 0.152 e. The second kappa shape index (κ2) is 6.09. The van der Waals surface area contributed by atoms with Crippen LogP contribution in [0.4, 0.5) is 10.1 Å². The number of aromatic nitrogens is 1. The molecule has 0 aliphatic heterocycles. The maximum Gasteiger partial charge on any atom is 0.152 e. The van der Waals surface area contributed by atoms with E-state index in [1.165, 1.54) is 12.1 Å².